The quantitative estimate of drug-likeness (QED) is 0.553. The average molecular weight is 142 g/mol. The van der Waals surface area contributed by atoms with E-state index in [4.69, 9.17) is 17.8 Å². The summed E-state index contributed by atoms with van der Waals surface area (Å²) < 4.78 is 28.6. The van der Waals surface area contributed by atoms with E-state index in [2.05, 4.69) is 4.85 Å². The summed E-state index contributed by atoms with van der Waals surface area (Å²) in [6.07, 6.45) is 0. The maximum absolute atomic E-state index is 7.38. The van der Waals surface area contributed by atoms with E-state index in [9.17, 15) is 0 Å². The van der Waals surface area contributed by atoms with Crippen molar-refractivity contribution in [3.8, 4) is 0 Å². The fraction of sp³-hybridized carbons (Fsp3) is 0.167. The number of anilines is 1. The first-order valence-corrected chi connectivity index (χ1v) is 2.96. The van der Waals surface area contributed by atoms with Crippen LogP contribution in [0.5, 0.6) is 0 Å². The van der Waals surface area contributed by atoms with Crippen LogP contribution in [-0.2, 0) is 0 Å². The van der Waals surface area contributed by atoms with E-state index in [1.807, 2.05) is 0 Å². The zero-order valence-electron chi connectivity index (χ0n) is 8.43. The molecule has 9 heavy (non-hydrogen) atoms. The largest absolute Gasteiger partial charge is 0.399 e. The van der Waals surface area contributed by atoms with Crippen molar-refractivity contribution in [2.45, 2.75) is 6.85 Å². The Bertz CT molecular complexity index is 373. The highest BCUT2D eigenvalue weighted by Crippen LogP contribution is 2.31. The molecule has 46 valence electrons. The zero-order valence-corrected chi connectivity index (χ0v) is 5.25. The minimum absolute atomic E-state index is 0.0591. The molecule has 0 bridgehead atoms. The fourth-order valence-electron chi connectivity index (χ4n) is 0.436. The number of hydrogen-bond donors (Lipinski definition) is 1. The second-order valence-corrected chi connectivity index (χ2v) is 2.43. The van der Waals surface area contributed by atoms with Gasteiger partial charge in [0.15, 0.2) is 0 Å². The first-order valence-electron chi connectivity index (χ1n) is 4.14. The smallest absolute Gasteiger partial charge is 0.220 e. The van der Waals surface area contributed by atoms with Gasteiger partial charge in [0.05, 0.1) is 12.9 Å². The summed E-state index contributed by atoms with van der Waals surface area (Å²) in [4.78, 5) is 2.89. The van der Waals surface area contributed by atoms with E-state index >= 15 is 0 Å². The maximum atomic E-state index is 7.38. The lowest BCUT2D eigenvalue weighted by molar-refractivity contribution is 1.64. The van der Waals surface area contributed by atoms with E-state index in [0.717, 1.165) is 11.3 Å². The van der Waals surface area contributed by atoms with Crippen LogP contribution in [0.1, 0.15) is 10.4 Å². The molecule has 1 aromatic rings. The van der Waals surface area contributed by atoms with Gasteiger partial charge in [-0.05, 0) is 17.8 Å². The van der Waals surface area contributed by atoms with Gasteiger partial charge < -0.3 is 5.73 Å². The Kier molecular flexibility index (Phi) is 0.627. The fourth-order valence-corrected chi connectivity index (χ4v) is 0.997. The van der Waals surface area contributed by atoms with Gasteiger partial charge in [-0.3, -0.25) is 0 Å². The van der Waals surface area contributed by atoms with Crippen molar-refractivity contribution in [2.24, 2.45) is 0 Å². The van der Waals surface area contributed by atoms with E-state index in [1.165, 1.54) is 0 Å². The molecule has 2 N–H and O–H groups in total. The number of nitrogens with zero attached hydrogens (tertiary/aromatic N) is 1. The minimum Gasteiger partial charge on any atom is -0.399 e. The second-order valence-electron chi connectivity index (χ2n) is 1.38. The Hall–Kier alpha value is -1.01. The van der Waals surface area contributed by atoms with Gasteiger partial charge in [-0.2, -0.15) is 0 Å². The van der Waals surface area contributed by atoms with Gasteiger partial charge in [-0.1, -0.05) is 0 Å². The molecule has 0 aromatic carbocycles. The van der Waals surface area contributed by atoms with E-state index in [1.54, 1.807) is 0 Å². The average Bonchev–Trinajstić information content (AvgIpc) is 2.25. The summed E-state index contributed by atoms with van der Waals surface area (Å²) in [5, 5.41) is 0.103. The first-order chi connectivity index (χ1) is 5.88. The SMILES string of the molecule is [2H]c1c(C([2H])([2H])[2H])sc(N)c1[N+]#[C-]. The molecule has 0 aliphatic carbocycles. The monoisotopic (exact) mass is 142 g/mol. The van der Waals surface area contributed by atoms with Crippen LogP contribution in [0.25, 0.3) is 4.85 Å². The molecule has 0 spiro atoms. The number of aryl methyl sites for hydroxylation is 1. The number of nitrogen functional groups attached to an aromatic ring is 1. The standard InChI is InChI=1S/C6H6N2S/c1-4-3-5(8-2)6(7)9-4/h3H,7H2,1H3/i1D3,3D. The predicted octanol–water partition coefficient (Wildman–Crippen LogP) is 2.19. The lowest BCUT2D eigenvalue weighted by Crippen LogP contribution is -1.74. The van der Waals surface area contributed by atoms with Crippen LogP contribution in [0.15, 0.2) is 6.04 Å². The van der Waals surface area contributed by atoms with Crippen molar-refractivity contribution in [2.75, 3.05) is 5.73 Å². The minimum atomic E-state index is -2.35. The van der Waals surface area contributed by atoms with Gasteiger partial charge in [0, 0.05) is 4.11 Å². The van der Waals surface area contributed by atoms with Gasteiger partial charge >= 0.3 is 0 Å². The highest BCUT2D eigenvalue weighted by Gasteiger charge is 2.00. The molecule has 1 heterocycles. The van der Waals surface area contributed by atoms with E-state index in [0.29, 0.717) is 0 Å². The third-order valence-corrected chi connectivity index (χ3v) is 1.51. The zero-order chi connectivity index (χ0) is 10.2. The molecule has 0 atom stereocenters. The second kappa shape index (κ2) is 2.08. The molecule has 0 saturated heterocycles. The summed E-state index contributed by atoms with van der Waals surface area (Å²) in [5.74, 6) is 0. The Morgan fingerprint density at radius 3 is 3.22 bits per heavy atom. The van der Waals surface area contributed by atoms with Crippen molar-refractivity contribution < 1.29 is 5.48 Å². The molecule has 0 radical (unpaired) electrons. The molecule has 2 nitrogen and oxygen atoms in total. The van der Waals surface area contributed by atoms with Crippen LogP contribution in [0.2, 0.25) is 0 Å². The third-order valence-electron chi connectivity index (χ3n) is 0.789. The van der Waals surface area contributed by atoms with Crippen molar-refractivity contribution in [3.05, 3.63) is 22.3 Å². The van der Waals surface area contributed by atoms with Gasteiger partial charge in [-0.15, -0.1) is 11.3 Å². The van der Waals surface area contributed by atoms with Crippen LogP contribution in [0, 0.1) is 13.4 Å². The van der Waals surface area contributed by atoms with Crippen molar-refractivity contribution >= 4 is 22.0 Å². The highest BCUT2D eigenvalue weighted by molar-refractivity contribution is 7.16. The maximum Gasteiger partial charge on any atom is 0.220 e. The molecular weight excluding hydrogens is 132 g/mol. The first kappa shape index (κ1) is 2.72. The molecule has 0 aliphatic rings. The summed E-state index contributed by atoms with van der Waals surface area (Å²) in [6.45, 7) is 4.34. The number of rotatable bonds is 0. The lowest BCUT2D eigenvalue weighted by Gasteiger charge is -1.79. The van der Waals surface area contributed by atoms with Crippen LogP contribution in [0.4, 0.5) is 10.7 Å². The normalized spacial score (nSPS) is 16.8. The van der Waals surface area contributed by atoms with E-state index < -0.39 is 6.85 Å². The molecule has 0 aliphatic heterocycles. The van der Waals surface area contributed by atoms with Gasteiger partial charge in [0.25, 0.3) is 0 Å². The third kappa shape index (κ3) is 1.03. The Morgan fingerprint density at radius 1 is 2.11 bits per heavy atom. The van der Waals surface area contributed by atoms with Gasteiger partial charge in [0.2, 0.25) is 5.69 Å². The van der Waals surface area contributed by atoms with Crippen LogP contribution >= 0.6 is 11.3 Å². The predicted molar refractivity (Wildman–Crippen MR) is 39.7 cm³/mol. The van der Waals surface area contributed by atoms with Crippen molar-refractivity contribution in [3.63, 3.8) is 0 Å². The molecule has 1 rings (SSSR count). The summed E-state index contributed by atoms with van der Waals surface area (Å²) >= 11 is 0.787. The van der Waals surface area contributed by atoms with Crippen molar-refractivity contribution in [1.29, 1.82) is 0 Å². The Labute approximate surface area is 63.4 Å². The van der Waals surface area contributed by atoms with E-state index in [-0.39, 0.29) is 21.6 Å². The molecule has 0 fully saturated rings. The topological polar surface area (TPSA) is 30.4 Å². The molecule has 1 aromatic heterocycles. The van der Waals surface area contributed by atoms with Gasteiger partial charge in [-0.25, -0.2) is 4.85 Å². The van der Waals surface area contributed by atoms with Crippen LogP contribution in [0.3, 0.4) is 0 Å². The summed E-state index contributed by atoms with van der Waals surface area (Å²) in [6, 6.07) is -0.266. The Morgan fingerprint density at radius 2 is 2.89 bits per heavy atom. The molecule has 0 saturated carbocycles. The lowest BCUT2D eigenvalue weighted by atomic mass is 10.4. The number of hydrogen-bond acceptors (Lipinski definition) is 2. The van der Waals surface area contributed by atoms with Gasteiger partial charge in [0.1, 0.15) is 0 Å². The summed E-state index contributed by atoms with van der Waals surface area (Å²) in [5.41, 5.74) is 5.33. The molecule has 0 amide bonds. The van der Waals surface area contributed by atoms with Crippen molar-refractivity contribution in [1.82, 2.24) is 0 Å². The molecule has 0 unspecified atom stereocenters. The highest BCUT2D eigenvalue weighted by atomic mass is 32.1. The molecular formula is C6H6N2S. The number of nitrogens with two attached hydrogens (primary N) is 1. The van der Waals surface area contributed by atoms with Crippen LogP contribution < -0.4 is 5.73 Å². The Balaban J connectivity index is 3.37. The molecule has 3 heteroatoms. The number of thiophene rings is 1. The summed E-state index contributed by atoms with van der Waals surface area (Å²) in [7, 11) is 0. The van der Waals surface area contributed by atoms with Crippen LogP contribution in [-0.4, -0.2) is 0 Å².